The number of anilines is 1. The van der Waals surface area contributed by atoms with Crippen LogP contribution in [0.15, 0.2) is 36.5 Å². The highest BCUT2D eigenvalue weighted by Crippen LogP contribution is 2.20. The average molecular weight is 348 g/mol. The van der Waals surface area contributed by atoms with Crippen molar-refractivity contribution in [3.63, 3.8) is 0 Å². The molecule has 1 saturated heterocycles. The molecule has 1 aromatic heterocycles. The molecule has 2 N–H and O–H groups in total. The summed E-state index contributed by atoms with van der Waals surface area (Å²) in [5.74, 6) is 0. The number of nitrogens with zero attached hydrogens (tertiary/aromatic N) is 2. The Bertz CT molecular complexity index is 840. The standard InChI is InChI=1S/C16H20N4O3S/c1-24(22,23)20-10-7-13(8-11-20)18-16(21)19-14-6-2-4-12-5-3-9-17-15(12)14/h2-6,9,13H,7-8,10-11H2,1H3,(H2,18,19,21). The lowest BCUT2D eigenvalue weighted by atomic mass is 10.1. The van der Waals surface area contributed by atoms with Gasteiger partial charge < -0.3 is 10.6 Å². The molecule has 0 spiro atoms. The molecule has 8 heteroatoms. The number of hydrogen-bond donors (Lipinski definition) is 2. The second kappa shape index (κ2) is 6.74. The zero-order chi connectivity index (χ0) is 17.2. The molecule has 128 valence electrons. The molecule has 2 aromatic rings. The van der Waals surface area contributed by atoms with Crippen molar-refractivity contribution in [3.8, 4) is 0 Å². The Hall–Kier alpha value is -2.19. The van der Waals surface area contributed by atoms with E-state index in [1.165, 1.54) is 10.6 Å². The highest BCUT2D eigenvalue weighted by atomic mass is 32.2. The van der Waals surface area contributed by atoms with E-state index in [1.54, 1.807) is 12.3 Å². The lowest BCUT2D eigenvalue weighted by Gasteiger charge is -2.30. The zero-order valence-electron chi connectivity index (χ0n) is 13.4. The third kappa shape index (κ3) is 3.82. The first-order valence-corrected chi connectivity index (χ1v) is 9.65. The van der Waals surface area contributed by atoms with E-state index in [1.807, 2.05) is 24.3 Å². The lowest BCUT2D eigenvalue weighted by molar-refractivity contribution is 0.238. The zero-order valence-corrected chi connectivity index (χ0v) is 14.2. The first kappa shape index (κ1) is 16.7. The third-order valence-corrected chi connectivity index (χ3v) is 5.44. The number of urea groups is 1. The summed E-state index contributed by atoms with van der Waals surface area (Å²) in [4.78, 5) is 16.5. The molecule has 7 nitrogen and oxygen atoms in total. The van der Waals surface area contributed by atoms with Crippen LogP contribution in [0, 0.1) is 0 Å². The normalized spacial score (nSPS) is 16.9. The molecule has 2 heterocycles. The van der Waals surface area contributed by atoms with E-state index < -0.39 is 10.0 Å². The van der Waals surface area contributed by atoms with E-state index in [0.29, 0.717) is 31.6 Å². The van der Waals surface area contributed by atoms with Gasteiger partial charge in [-0.05, 0) is 25.0 Å². The Kier molecular flexibility index (Phi) is 4.68. The van der Waals surface area contributed by atoms with Crippen molar-refractivity contribution >= 4 is 32.6 Å². The van der Waals surface area contributed by atoms with Crippen LogP contribution in [-0.4, -0.2) is 49.1 Å². The van der Waals surface area contributed by atoms with E-state index in [9.17, 15) is 13.2 Å². The van der Waals surface area contributed by atoms with E-state index in [0.717, 1.165) is 10.9 Å². The number of rotatable bonds is 3. The number of para-hydroxylation sites is 1. The number of hydrogen-bond acceptors (Lipinski definition) is 4. The Balaban J connectivity index is 1.60. The van der Waals surface area contributed by atoms with Crippen LogP contribution in [0.5, 0.6) is 0 Å². The van der Waals surface area contributed by atoms with Crippen molar-refractivity contribution in [2.45, 2.75) is 18.9 Å². The van der Waals surface area contributed by atoms with Gasteiger partial charge in [0.2, 0.25) is 10.0 Å². The van der Waals surface area contributed by atoms with Crippen LogP contribution in [0.1, 0.15) is 12.8 Å². The Labute approximate surface area is 141 Å². The smallest absolute Gasteiger partial charge is 0.319 e. The van der Waals surface area contributed by atoms with Gasteiger partial charge in [0.25, 0.3) is 0 Å². The molecular formula is C16H20N4O3S. The van der Waals surface area contributed by atoms with Gasteiger partial charge in [0.15, 0.2) is 0 Å². The maximum Gasteiger partial charge on any atom is 0.319 e. The maximum absolute atomic E-state index is 12.2. The molecular weight excluding hydrogens is 328 g/mol. The first-order valence-electron chi connectivity index (χ1n) is 7.80. The van der Waals surface area contributed by atoms with Crippen molar-refractivity contribution in [2.75, 3.05) is 24.7 Å². The number of sulfonamides is 1. The fraction of sp³-hybridized carbons (Fsp3) is 0.375. The predicted molar refractivity (Wildman–Crippen MR) is 93.3 cm³/mol. The van der Waals surface area contributed by atoms with Gasteiger partial charge in [0, 0.05) is 30.7 Å². The fourth-order valence-corrected chi connectivity index (χ4v) is 3.75. The molecule has 24 heavy (non-hydrogen) atoms. The fourth-order valence-electron chi connectivity index (χ4n) is 2.88. The molecule has 2 amide bonds. The Morgan fingerprint density at radius 3 is 2.62 bits per heavy atom. The molecule has 0 saturated carbocycles. The highest BCUT2D eigenvalue weighted by molar-refractivity contribution is 7.88. The molecule has 0 atom stereocenters. The molecule has 3 rings (SSSR count). The summed E-state index contributed by atoms with van der Waals surface area (Å²) in [6.07, 6.45) is 4.11. The molecule has 1 fully saturated rings. The molecule has 0 unspecified atom stereocenters. The van der Waals surface area contributed by atoms with Crippen molar-refractivity contribution in [1.29, 1.82) is 0 Å². The van der Waals surface area contributed by atoms with Gasteiger partial charge in [-0.25, -0.2) is 17.5 Å². The maximum atomic E-state index is 12.2. The number of fused-ring (bicyclic) bond motifs is 1. The number of carbonyl (C=O) groups excluding carboxylic acids is 1. The van der Waals surface area contributed by atoms with E-state index in [2.05, 4.69) is 15.6 Å². The van der Waals surface area contributed by atoms with Gasteiger partial charge in [-0.15, -0.1) is 0 Å². The number of pyridine rings is 1. The number of benzene rings is 1. The van der Waals surface area contributed by atoms with E-state index in [-0.39, 0.29) is 12.1 Å². The summed E-state index contributed by atoms with van der Waals surface area (Å²) >= 11 is 0. The summed E-state index contributed by atoms with van der Waals surface area (Å²) in [6, 6.07) is 9.06. The number of aromatic nitrogens is 1. The summed E-state index contributed by atoms with van der Waals surface area (Å²) in [5, 5.41) is 6.69. The summed E-state index contributed by atoms with van der Waals surface area (Å²) < 4.78 is 24.4. The van der Waals surface area contributed by atoms with Crippen molar-refractivity contribution in [3.05, 3.63) is 36.5 Å². The largest absolute Gasteiger partial charge is 0.335 e. The third-order valence-electron chi connectivity index (χ3n) is 4.14. The van der Waals surface area contributed by atoms with Crippen LogP contribution in [0.2, 0.25) is 0 Å². The van der Waals surface area contributed by atoms with Gasteiger partial charge in [0.1, 0.15) is 0 Å². The number of piperidine rings is 1. The molecule has 1 aliphatic rings. The average Bonchev–Trinajstić information content (AvgIpc) is 2.55. The monoisotopic (exact) mass is 348 g/mol. The number of carbonyl (C=O) groups is 1. The van der Waals surface area contributed by atoms with Gasteiger partial charge in [-0.3, -0.25) is 4.98 Å². The molecule has 0 aliphatic carbocycles. The van der Waals surface area contributed by atoms with Gasteiger partial charge in [-0.2, -0.15) is 0 Å². The Morgan fingerprint density at radius 1 is 1.21 bits per heavy atom. The quantitative estimate of drug-likeness (QED) is 0.884. The lowest BCUT2D eigenvalue weighted by Crippen LogP contribution is -2.47. The first-order chi connectivity index (χ1) is 11.4. The van der Waals surface area contributed by atoms with Crippen LogP contribution < -0.4 is 10.6 Å². The van der Waals surface area contributed by atoms with Crippen LogP contribution in [0.25, 0.3) is 10.9 Å². The molecule has 0 bridgehead atoms. The van der Waals surface area contributed by atoms with Crippen molar-refractivity contribution in [2.24, 2.45) is 0 Å². The highest BCUT2D eigenvalue weighted by Gasteiger charge is 2.25. The van der Waals surface area contributed by atoms with Gasteiger partial charge >= 0.3 is 6.03 Å². The SMILES string of the molecule is CS(=O)(=O)N1CCC(NC(=O)Nc2cccc3cccnc23)CC1. The molecule has 1 aromatic carbocycles. The van der Waals surface area contributed by atoms with Crippen LogP contribution in [0.4, 0.5) is 10.5 Å². The molecule has 1 aliphatic heterocycles. The minimum absolute atomic E-state index is 0.0362. The van der Waals surface area contributed by atoms with Crippen LogP contribution in [0.3, 0.4) is 0 Å². The molecule has 0 radical (unpaired) electrons. The van der Waals surface area contributed by atoms with Gasteiger partial charge in [0.05, 0.1) is 17.5 Å². The van der Waals surface area contributed by atoms with Crippen molar-refractivity contribution < 1.29 is 13.2 Å². The second-order valence-corrected chi connectivity index (χ2v) is 7.90. The van der Waals surface area contributed by atoms with Crippen LogP contribution >= 0.6 is 0 Å². The number of nitrogens with one attached hydrogen (secondary N) is 2. The number of amides is 2. The second-order valence-electron chi connectivity index (χ2n) is 5.92. The van der Waals surface area contributed by atoms with Crippen LogP contribution in [-0.2, 0) is 10.0 Å². The van der Waals surface area contributed by atoms with E-state index in [4.69, 9.17) is 0 Å². The van der Waals surface area contributed by atoms with E-state index >= 15 is 0 Å². The summed E-state index contributed by atoms with van der Waals surface area (Å²) in [5.41, 5.74) is 1.39. The topological polar surface area (TPSA) is 91.4 Å². The summed E-state index contributed by atoms with van der Waals surface area (Å²) in [6.45, 7) is 0.860. The summed E-state index contributed by atoms with van der Waals surface area (Å²) in [7, 11) is -3.15. The minimum Gasteiger partial charge on any atom is -0.335 e. The Morgan fingerprint density at radius 2 is 1.92 bits per heavy atom. The van der Waals surface area contributed by atoms with Crippen molar-refractivity contribution in [1.82, 2.24) is 14.6 Å². The van der Waals surface area contributed by atoms with Gasteiger partial charge in [-0.1, -0.05) is 18.2 Å². The minimum atomic E-state index is -3.15. The predicted octanol–water partition coefficient (Wildman–Crippen LogP) is 1.78.